The summed E-state index contributed by atoms with van der Waals surface area (Å²) < 4.78 is 43.4. The highest BCUT2D eigenvalue weighted by atomic mass is 79.9. The predicted molar refractivity (Wildman–Crippen MR) is 148 cm³/mol. The number of ether oxygens (including phenoxy) is 1. The Hall–Kier alpha value is -2.61. The Labute approximate surface area is 259 Å². The van der Waals surface area contributed by atoms with Gasteiger partial charge in [-0.15, -0.1) is 47.7 Å². The minimum Gasteiger partial charge on any atom is -0.508 e. The second kappa shape index (κ2) is 9.96. The lowest BCUT2D eigenvalue weighted by molar-refractivity contribution is -0.274. The molecule has 3 fully saturated rings. The standard InChI is InChI=1S/C27H20BrCl2F3N2O6S/c28-11-35-23(39)25(29)9-17-14(4-5-15-19(17)22(38)34(21(15)37)10-13-2-1-7-42-13)20(26(25,30)24(35)40)16-8-12(3-6-18(16)36)41-27(31,32)33/h1-4,6-8,15,17,19-20,36H,5,9-11H2/t15-,17+,19-,20+,25+,26-/m0/s1. The first-order chi connectivity index (χ1) is 19.7. The van der Waals surface area contributed by atoms with E-state index in [-0.39, 0.29) is 30.4 Å². The van der Waals surface area contributed by atoms with E-state index in [0.717, 1.165) is 32.9 Å². The van der Waals surface area contributed by atoms with Crippen LogP contribution in [0.1, 0.15) is 29.2 Å². The minimum atomic E-state index is -5.07. The summed E-state index contributed by atoms with van der Waals surface area (Å²) in [6, 6.07) is 6.32. The topological polar surface area (TPSA) is 104 Å². The molecule has 0 unspecified atom stereocenters. The maximum atomic E-state index is 13.8. The smallest absolute Gasteiger partial charge is 0.508 e. The molecule has 42 heavy (non-hydrogen) atoms. The van der Waals surface area contributed by atoms with Crippen LogP contribution in [-0.4, -0.2) is 60.1 Å². The predicted octanol–water partition coefficient (Wildman–Crippen LogP) is 5.26. The Morgan fingerprint density at radius 3 is 2.45 bits per heavy atom. The summed E-state index contributed by atoms with van der Waals surface area (Å²) in [7, 11) is 0. The van der Waals surface area contributed by atoms with Crippen LogP contribution in [0.25, 0.3) is 0 Å². The molecule has 4 amide bonds. The maximum absolute atomic E-state index is 13.8. The zero-order valence-electron chi connectivity index (χ0n) is 21.2. The molecule has 8 nitrogen and oxygen atoms in total. The van der Waals surface area contributed by atoms with Crippen molar-refractivity contribution in [2.75, 3.05) is 5.45 Å². The average Bonchev–Trinajstić information content (AvgIpc) is 3.56. The molecule has 0 spiro atoms. The molecular formula is C27H20BrCl2F3N2O6S. The van der Waals surface area contributed by atoms with Gasteiger partial charge in [-0.3, -0.25) is 29.0 Å². The number of hydrogen-bond acceptors (Lipinski definition) is 7. The van der Waals surface area contributed by atoms with Gasteiger partial charge in [0, 0.05) is 16.4 Å². The monoisotopic (exact) mass is 706 g/mol. The third-order valence-electron chi connectivity index (χ3n) is 8.54. The van der Waals surface area contributed by atoms with Gasteiger partial charge in [0.25, 0.3) is 11.8 Å². The van der Waals surface area contributed by atoms with Crippen LogP contribution in [0.2, 0.25) is 0 Å². The van der Waals surface area contributed by atoms with Crippen LogP contribution in [0.15, 0.2) is 47.4 Å². The number of carbonyl (C=O) groups is 4. The van der Waals surface area contributed by atoms with Crippen molar-refractivity contribution in [1.29, 1.82) is 0 Å². The molecule has 2 aliphatic carbocycles. The molecule has 222 valence electrons. The summed E-state index contributed by atoms with van der Waals surface area (Å²) in [6.45, 7) is 0.0612. The number of fused-ring (bicyclic) bond motifs is 4. The van der Waals surface area contributed by atoms with E-state index < -0.39 is 74.9 Å². The van der Waals surface area contributed by atoms with Crippen LogP contribution in [0.3, 0.4) is 0 Å². The number of aromatic hydroxyl groups is 1. The number of allylic oxidation sites excluding steroid dienone is 2. The molecule has 2 saturated heterocycles. The number of hydrogen-bond donors (Lipinski definition) is 1. The molecule has 15 heteroatoms. The number of carbonyl (C=O) groups excluding carboxylic acids is 4. The van der Waals surface area contributed by atoms with Crippen molar-refractivity contribution in [3.05, 3.63) is 57.8 Å². The number of benzene rings is 1. The number of phenols is 1. The van der Waals surface area contributed by atoms with Crippen molar-refractivity contribution < 1.29 is 42.2 Å². The Bertz CT molecular complexity index is 1550. The number of imide groups is 2. The molecule has 0 bridgehead atoms. The number of amides is 4. The van der Waals surface area contributed by atoms with Gasteiger partial charge in [0.05, 0.1) is 23.8 Å². The summed E-state index contributed by atoms with van der Waals surface area (Å²) in [6.07, 6.45) is -3.65. The fourth-order valence-corrected chi connectivity index (χ4v) is 8.95. The number of thiophene rings is 1. The van der Waals surface area contributed by atoms with Crippen molar-refractivity contribution in [3.63, 3.8) is 0 Å². The normalized spacial score (nSPS) is 32.6. The third kappa shape index (κ3) is 4.14. The fraction of sp³-hybridized carbons (Fsp3) is 0.407. The van der Waals surface area contributed by atoms with E-state index in [2.05, 4.69) is 20.7 Å². The molecular weight excluding hydrogens is 688 g/mol. The second-order valence-electron chi connectivity index (χ2n) is 10.6. The van der Waals surface area contributed by atoms with E-state index in [0.29, 0.717) is 5.57 Å². The molecule has 1 saturated carbocycles. The van der Waals surface area contributed by atoms with Crippen LogP contribution in [0, 0.1) is 17.8 Å². The summed E-state index contributed by atoms with van der Waals surface area (Å²) in [5.74, 6) is -7.94. The molecule has 2 aliphatic heterocycles. The number of halogens is 6. The number of nitrogens with zero attached hydrogens (tertiary/aromatic N) is 2. The zero-order valence-corrected chi connectivity index (χ0v) is 25.2. The van der Waals surface area contributed by atoms with Crippen LogP contribution >= 0.6 is 50.5 Å². The number of rotatable bonds is 5. The molecule has 2 aromatic rings. The highest BCUT2D eigenvalue weighted by Gasteiger charge is 2.76. The van der Waals surface area contributed by atoms with Gasteiger partial charge < -0.3 is 9.84 Å². The van der Waals surface area contributed by atoms with Crippen molar-refractivity contribution in [2.45, 2.75) is 41.4 Å². The van der Waals surface area contributed by atoms with E-state index in [1.165, 1.54) is 11.3 Å². The highest BCUT2D eigenvalue weighted by Crippen LogP contribution is 2.66. The number of phenolic OH excluding ortho intramolecular Hbond substituents is 1. The van der Waals surface area contributed by atoms with Gasteiger partial charge in [-0.2, -0.15) is 0 Å². The van der Waals surface area contributed by atoms with E-state index in [1.54, 1.807) is 18.2 Å². The molecule has 6 atom stereocenters. The van der Waals surface area contributed by atoms with E-state index in [9.17, 15) is 37.5 Å². The van der Waals surface area contributed by atoms with Gasteiger partial charge in [0.2, 0.25) is 11.8 Å². The van der Waals surface area contributed by atoms with Crippen LogP contribution < -0.4 is 4.74 Å². The van der Waals surface area contributed by atoms with Gasteiger partial charge >= 0.3 is 6.36 Å². The fourth-order valence-electron chi connectivity index (χ4n) is 6.84. The average molecular weight is 708 g/mol. The minimum absolute atomic E-state index is 0.0612. The van der Waals surface area contributed by atoms with Crippen molar-refractivity contribution >= 4 is 74.1 Å². The number of alkyl halides is 6. The van der Waals surface area contributed by atoms with Gasteiger partial charge in [-0.1, -0.05) is 33.6 Å². The summed E-state index contributed by atoms with van der Waals surface area (Å²) in [4.78, 5) is 53.0. The highest BCUT2D eigenvalue weighted by molar-refractivity contribution is 9.09. The molecule has 1 N–H and O–H groups in total. The quantitative estimate of drug-likeness (QED) is 0.197. The van der Waals surface area contributed by atoms with Crippen LogP contribution in [-0.2, 0) is 25.7 Å². The lowest BCUT2D eigenvalue weighted by atomic mass is 9.56. The van der Waals surface area contributed by atoms with E-state index in [1.807, 2.05) is 5.38 Å². The Morgan fingerprint density at radius 1 is 1.07 bits per heavy atom. The maximum Gasteiger partial charge on any atom is 0.573 e. The second-order valence-corrected chi connectivity index (χ2v) is 13.4. The van der Waals surface area contributed by atoms with E-state index >= 15 is 0 Å². The van der Waals surface area contributed by atoms with E-state index in [4.69, 9.17) is 23.2 Å². The first-order valence-corrected chi connectivity index (χ1v) is 15.4. The third-order valence-corrected chi connectivity index (χ3v) is 11.3. The molecule has 3 heterocycles. The van der Waals surface area contributed by atoms with Crippen LogP contribution in [0.5, 0.6) is 11.5 Å². The van der Waals surface area contributed by atoms with Gasteiger partial charge in [0.15, 0.2) is 9.75 Å². The largest absolute Gasteiger partial charge is 0.573 e. The zero-order chi connectivity index (χ0) is 30.4. The van der Waals surface area contributed by atoms with Gasteiger partial charge in [0.1, 0.15) is 11.5 Å². The summed E-state index contributed by atoms with van der Waals surface area (Å²) in [5, 5.41) is 12.7. The molecule has 4 aliphatic rings. The summed E-state index contributed by atoms with van der Waals surface area (Å²) in [5.41, 5.74) is -0.180. The van der Waals surface area contributed by atoms with Gasteiger partial charge in [-0.25, -0.2) is 0 Å². The van der Waals surface area contributed by atoms with Gasteiger partial charge in [-0.05, 0) is 48.4 Å². The number of likely N-dealkylation sites (tertiary alicyclic amines) is 2. The summed E-state index contributed by atoms with van der Waals surface area (Å²) >= 11 is 18.6. The lowest BCUT2D eigenvalue weighted by Gasteiger charge is -2.50. The molecule has 1 aromatic carbocycles. The van der Waals surface area contributed by atoms with Crippen LogP contribution in [0.4, 0.5) is 13.2 Å². The van der Waals surface area contributed by atoms with Crippen molar-refractivity contribution in [2.24, 2.45) is 17.8 Å². The Morgan fingerprint density at radius 2 is 1.81 bits per heavy atom. The molecule has 6 rings (SSSR count). The molecule has 0 radical (unpaired) electrons. The first kappa shape index (κ1) is 29.5. The first-order valence-electron chi connectivity index (χ1n) is 12.7. The SMILES string of the molecule is O=C1[C@H]2[C@H](CC=C3[C@H]2C[C@@]2(Cl)C(=O)N(CBr)C(=O)[C@@]2(Cl)[C@H]3c2cc(OC(F)(F)F)ccc2O)C(=O)N1Cc1cccs1. The lowest BCUT2D eigenvalue weighted by Crippen LogP contribution is -2.60. The van der Waals surface area contributed by atoms with Crippen molar-refractivity contribution in [3.8, 4) is 11.5 Å². The van der Waals surface area contributed by atoms with Crippen molar-refractivity contribution in [1.82, 2.24) is 9.80 Å². The Balaban J connectivity index is 1.51. The molecule has 1 aromatic heterocycles. The Kier molecular flexibility index (Phi) is 6.99.